The van der Waals surface area contributed by atoms with Crippen molar-refractivity contribution in [3.05, 3.63) is 48.5 Å². The number of thiol groups is 1. The molecule has 2 aromatic carbocycles. The van der Waals surface area contributed by atoms with Gasteiger partial charge in [-0.1, -0.05) is 36.0 Å². The van der Waals surface area contributed by atoms with Crippen LogP contribution in [-0.2, 0) is 0 Å². The summed E-state index contributed by atoms with van der Waals surface area (Å²) in [6, 6.07) is 16.1. The highest BCUT2D eigenvalue weighted by Crippen LogP contribution is 2.38. The molecule has 0 aliphatic carbocycles. The molecular weight excluding hydrogens is 236 g/mol. The van der Waals surface area contributed by atoms with Gasteiger partial charge in [-0.15, -0.1) is 12.6 Å². The summed E-state index contributed by atoms with van der Waals surface area (Å²) < 4.78 is 5.33. The van der Waals surface area contributed by atoms with E-state index >= 15 is 0 Å². The van der Waals surface area contributed by atoms with Crippen LogP contribution in [0.25, 0.3) is 0 Å². The first-order valence-electron chi connectivity index (χ1n) is 4.90. The van der Waals surface area contributed by atoms with E-state index in [0.717, 1.165) is 15.5 Å². The van der Waals surface area contributed by atoms with E-state index in [0.29, 0.717) is 0 Å². The third-order valence-electron chi connectivity index (χ3n) is 2.14. The molecular formula is C13H12OS2. The monoisotopic (exact) mass is 248 g/mol. The fourth-order valence-corrected chi connectivity index (χ4v) is 2.66. The van der Waals surface area contributed by atoms with E-state index in [2.05, 4.69) is 24.8 Å². The van der Waals surface area contributed by atoms with Crippen LogP contribution in [0.4, 0.5) is 0 Å². The third-order valence-corrected chi connectivity index (χ3v) is 3.80. The second kappa shape index (κ2) is 5.32. The summed E-state index contributed by atoms with van der Waals surface area (Å²) in [5.74, 6) is 0.862. The molecule has 0 saturated carbocycles. The van der Waals surface area contributed by atoms with Gasteiger partial charge in [0.1, 0.15) is 5.75 Å². The summed E-state index contributed by atoms with van der Waals surface area (Å²) in [4.78, 5) is 3.18. The van der Waals surface area contributed by atoms with E-state index in [-0.39, 0.29) is 0 Å². The van der Waals surface area contributed by atoms with Gasteiger partial charge >= 0.3 is 0 Å². The van der Waals surface area contributed by atoms with E-state index < -0.39 is 0 Å². The molecule has 1 nitrogen and oxygen atoms in total. The molecule has 0 aliphatic heterocycles. The van der Waals surface area contributed by atoms with E-state index in [4.69, 9.17) is 4.74 Å². The maximum absolute atomic E-state index is 5.33. The van der Waals surface area contributed by atoms with E-state index in [9.17, 15) is 0 Å². The third kappa shape index (κ3) is 2.54. The predicted octanol–water partition coefficient (Wildman–Crippen LogP) is 4.14. The molecule has 0 unspecified atom stereocenters. The van der Waals surface area contributed by atoms with E-state index in [1.54, 1.807) is 18.9 Å². The number of hydrogen-bond acceptors (Lipinski definition) is 3. The van der Waals surface area contributed by atoms with Crippen LogP contribution >= 0.6 is 24.4 Å². The number of benzene rings is 2. The lowest BCUT2D eigenvalue weighted by atomic mass is 10.3. The summed E-state index contributed by atoms with van der Waals surface area (Å²) in [6.45, 7) is 0. The zero-order valence-corrected chi connectivity index (χ0v) is 10.6. The summed E-state index contributed by atoms with van der Waals surface area (Å²) in [5.41, 5.74) is 0. The van der Waals surface area contributed by atoms with Crippen molar-refractivity contribution < 1.29 is 4.74 Å². The Morgan fingerprint density at radius 2 is 1.75 bits per heavy atom. The van der Waals surface area contributed by atoms with Crippen molar-refractivity contribution in [1.82, 2.24) is 0 Å². The highest BCUT2D eigenvalue weighted by Gasteiger charge is 2.07. The molecule has 3 heteroatoms. The number of hydrogen-bond donors (Lipinski definition) is 1. The predicted molar refractivity (Wildman–Crippen MR) is 70.8 cm³/mol. The van der Waals surface area contributed by atoms with Crippen LogP contribution < -0.4 is 4.74 Å². The smallest absolute Gasteiger partial charge is 0.133 e. The Hall–Kier alpha value is -1.06. The van der Waals surface area contributed by atoms with Crippen LogP contribution in [-0.4, -0.2) is 7.11 Å². The standard InChI is InChI=1S/C13H12OS2/c1-14-11-8-5-9-12(15)13(11)16-10-6-3-2-4-7-10/h2-9,15H,1H3. The Bertz CT molecular complexity index is 469. The highest BCUT2D eigenvalue weighted by atomic mass is 32.2. The first-order chi connectivity index (χ1) is 7.81. The van der Waals surface area contributed by atoms with Gasteiger partial charge in [0.05, 0.1) is 12.0 Å². The van der Waals surface area contributed by atoms with Gasteiger partial charge in [-0.2, -0.15) is 0 Å². The zero-order chi connectivity index (χ0) is 11.4. The average molecular weight is 248 g/mol. The maximum atomic E-state index is 5.33. The SMILES string of the molecule is COc1cccc(S)c1Sc1ccccc1. The Morgan fingerprint density at radius 3 is 2.44 bits per heavy atom. The number of methoxy groups -OCH3 is 1. The molecule has 0 amide bonds. The summed E-state index contributed by atoms with van der Waals surface area (Å²) in [6.07, 6.45) is 0. The Morgan fingerprint density at radius 1 is 1.00 bits per heavy atom. The quantitative estimate of drug-likeness (QED) is 0.818. The van der Waals surface area contributed by atoms with Crippen LogP contribution in [0.3, 0.4) is 0 Å². The Balaban J connectivity index is 2.34. The van der Waals surface area contributed by atoms with Crippen LogP contribution in [0.5, 0.6) is 5.75 Å². The first kappa shape index (κ1) is 11.4. The molecule has 0 fully saturated rings. The van der Waals surface area contributed by atoms with Crippen molar-refractivity contribution in [3.8, 4) is 5.75 Å². The minimum Gasteiger partial charge on any atom is -0.496 e. The first-order valence-corrected chi connectivity index (χ1v) is 6.16. The molecule has 0 aliphatic rings. The molecule has 0 atom stereocenters. The summed E-state index contributed by atoms with van der Waals surface area (Å²) in [7, 11) is 1.68. The van der Waals surface area contributed by atoms with E-state index in [1.807, 2.05) is 36.4 Å². The van der Waals surface area contributed by atoms with Crippen LogP contribution in [0.2, 0.25) is 0 Å². The average Bonchev–Trinajstić information content (AvgIpc) is 2.33. The molecule has 0 heterocycles. The Labute approximate surface area is 105 Å². The lowest BCUT2D eigenvalue weighted by Crippen LogP contribution is -1.87. The van der Waals surface area contributed by atoms with Crippen molar-refractivity contribution in [2.24, 2.45) is 0 Å². The largest absolute Gasteiger partial charge is 0.496 e. The van der Waals surface area contributed by atoms with Gasteiger partial charge in [0.25, 0.3) is 0 Å². The number of ether oxygens (including phenoxy) is 1. The van der Waals surface area contributed by atoms with Gasteiger partial charge in [0.2, 0.25) is 0 Å². The normalized spacial score (nSPS) is 10.1. The highest BCUT2D eigenvalue weighted by molar-refractivity contribution is 8.00. The van der Waals surface area contributed by atoms with Crippen molar-refractivity contribution in [2.45, 2.75) is 14.7 Å². The van der Waals surface area contributed by atoms with Crippen molar-refractivity contribution in [2.75, 3.05) is 7.11 Å². The lowest BCUT2D eigenvalue weighted by Gasteiger charge is -2.10. The molecule has 0 saturated heterocycles. The van der Waals surface area contributed by atoms with Crippen LogP contribution in [0, 0.1) is 0 Å². The molecule has 0 bridgehead atoms. The topological polar surface area (TPSA) is 9.23 Å². The molecule has 82 valence electrons. The van der Waals surface area contributed by atoms with Gasteiger partial charge in [-0.05, 0) is 24.3 Å². The lowest BCUT2D eigenvalue weighted by molar-refractivity contribution is 0.402. The fraction of sp³-hybridized carbons (Fsp3) is 0.0769. The molecule has 0 radical (unpaired) electrons. The molecule has 0 aromatic heterocycles. The van der Waals surface area contributed by atoms with E-state index in [1.165, 1.54) is 4.90 Å². The second-order valence-electron chi connectivity index (χ2n) is 3.22. The van der Waals surface area contributed by atoms with Crippen LogP contribution in [0.15, 0.2) is 63.2 Å². The van der Waals surface area contributed by atoms with Crippen molar-refractivity contribution >= 4 is 24.4 Å². The Kier molecular flexibility index (Phi) is 3.80. The summed E-state index contributed by atoms with van der Waals surface area (Å²) in [5, 5.41) is 0. The van der Waals surface area contributed by atoms with Crippen molar-refractivity contribution in [1.29, 1.82) is 0 Å². The van der Waals surface area contributed by atoms with Gasteiger partial charge in [-0.3, -0.25) is 0 Å². The van der Waals surface area contributed by atoms with Gasteiger partial charge in [-0.25, -0.2) is 0 Å². The minimum absolute atomic E-state index is 0.862. The summed E-state index contributed by atoms with van der Waals surface area (Å²) >= 11 is 6.12. The molecule has 16 heavy (non-hydrogen) atoms. The van der Waals surface area contributed by atoms with Gasteiger partial charge < -0.3 is 4.74 Å². The zero-order valence-electron chi connectivity index (χ0n) is 8.88. The molecule has 0 N–H and O–H groups in total. The maximum Gasteiger partial charge on any atom is 0.133 e. The van der Waals surface area contributed by atoms with Crippen molar-refractivity contribution in [3.63, 3.8) is 0 Å². The van der Waals surface area contributed by atoms with Gasteiger partial charge in [0.15, 0.2) is 0 Å². The molecule has 0 spiro atoms. The van der Waals surface area contributed by atoms with Crippen LogP contribution in [0.1, 0.15) is 0 Å². The second-order valence-corrected chi connectivity index (χ2v) is 4.79. The minimum atomic E-state index is 0.862. The number of rotatable bonds is 3. The molecule has 2 rings (SSSR count). The fourth-order valence-electron chi connectivity index (χ4n) is 1.37. The molecule has 2 aromatic rings. The van der Waals surface area contributed by atoms with Gasteiger partial charge in [0, 0.05) is 9.79 Å².